The van der Waals surface area contributed by atoms with Gasteiger partial charge in [-0.3, -0.25) is 4.79 Å². The van der Waals surface area contributed by atoms with Gasteiger partial charge in [-0.05, 0) is 30.0 Å². The highest BCUT2D eigenvalue weighted by molar-refractivity contribution is 5.83. The third-order valence-corrected chi connectivity index (χ3v) is 3.06. The van der Waals surface area contributed by atoms with Crippen LogP contribution < -0.4 is 10.5 Å². The number of benzene rings is 1. The zero-order chi connectivity index (χ0) is 10.6. The Morgan fingerprint density at radius 2 is 2.20 bits per heavy atom. The summed E-state index contributed by atoms with van der Waals surface area (Å²) in [5.41, 5.74) is 8.34. The van der Waals surface area contributed by atoms with Crippen molar-refractivity contribution in [1.29, 1.82) is 0 Å². The fourth-order valence-electron chi connectivity index (χ4n) is 2.38. The highest BCUT2D eigenvalue weighted by Crippen LogP contribution is 2.41. The molecule has 0 bridgehead atoms. The molecule has 1 aliphatic heterocycles. The molecule has 3 N–H and O–H groups in total. The van der Waals surface area contributed by atoms with Crippen molar-refractivity contribution in [2.45, 2.75) is 25.3 Å². The quantitative estimate of drug-likeness (QED) is 0.471. The lowest BCUT2D eigenvalue weighted by Gasteiger charge is -2.06. The SMILES string of the molecule is NC1Cc2cc3c(c(O)c2C1)CC(=O)O3. The molecule has 1 aliphatic carbocycles. The zero-order valence-corrected chi connectivity index (χ0v) is 8.12. The van der Waals surface area contributed by atoms with E-state index >= 15 is 0 Å². The molecule has 0 fully saturated rings. The standard InChI is InChI=1S/C11H11NO3/c12-6-1-5-2-9-8(4-10(13)15-9)11(14)7(5)3-6/h2,6,14H,1,3-4,12H2. The summed E-state index contributed by atoms with van der Waals surface area (Å²) in [4.78, 5) is 11.1. The Kier molecular flexibility index (Phi) is 1.59. The number of ether oxygens (including phenoxy) is 1. The van der Waals surface area contributed by atoms with Crippen LogP contribution in [0, 0.1) is 0 Å². The number of carbonyl (C=O) groups excluding carboxylic acids is 1. The Bertz CT molecular complexity index is 467. The summed E-state index contributed by atoms with van der Waals surface area (Å²) in [7, 11) is 0. The lowest BCUT2D eigenvalue weighted by molar-refractivity contribution is -0.131. The Morgan fingerprint density at radius 3 is 3.00 bits per heavy atom. The smallest absolute Gasteiger partial charge is 0.315 e. The number of nitrogens with two attached hydrogens (primary N) is 1. The van der Waals surface area contributed by atoms with Crippen LogP contribution in [0.2, 0.25) is 0 Å². The predicted octanol–water partition coefficient (Wildman–Crippen LogP) is 0.280. The lowest BCUT2D eigenvalue weighted by Crippen LogP contribution is -2.19. The van der Waals surface area contributed by atoms with E-state index in [1.807, 2.05) is 6.07 Å². The number of fused-ring (bicyclic) bond motifs is 2. The molecule has 4 nitrogen and oxygen atoms in total. The maximum Gasteiger partial charge on any atom is 0.315 e. The molecule has 15 heavy (non-hydrogen) atoms. The van der Waals surface area contributed by atoms with E-state index in [1.54, 1.807) is 0 Å². The summed E-state index contributed by atoms with van der Waals surface area (Å²) >= 11 is 0. The number of rotatable bonds is 0. The largest absolute Gasteiger partial charge is 0.507 e. The van der Waals surface area contributed by atoms with Crippen molar-refractivity contribution in [2.24, 2.45) is 5.73 Å². The van der Waals surface area contributed by atoms with Crippen LogP contribution in [0.25, 0.3) is 0 Å². The molecule has 1 unspecified atom stereocenters. The van der Waals surface area contributed by atoms with Crippen molar-refractivity contribution < 1.29 is 14.6 Å². The molecular weight excluding hydrogens is 194 g/mol. The summed E-state index contributed by atoms with van der Waals surface area (Å²) in [5, 5.41) is 9.98. The van der Waals surface area contributed by atoms with Crippen molar-refractivity contribution in [2.75, 3.05) is 0 Å². The molecule has 1 aromatic rings. The molecule has 78 valence electrons. The third kappa shape index (κ3) is 1.15. The van der Waals surface area contributed by atoms with E-state index in [9.17, 15) is 9.90 Å². The average Bonchev–Trinajstić information content (AvgIpc) is 2.69. The van der Waals surface area contributed by atoms with Gasteiger partial charge in [0.1, 0.15) is 11.5 Å². The summed E-state index contributed by atoms with van der Waals surface area (Å²) in [6.07, 6.45) is 1.60. The first-order valence-corrected chi connectivity index (χ1v) is 4.98. The Balaban J connectivity index is 2.18. The minimum atomic E-state index is -0.298. The van der Waals surface area contributed by atoms with Gasteiger partial charge in [-0.1, -0.05) is 0 Å². The normalized spacial score (nSPS) is 22.5. The van der Waals surface area contributed by atoms with Crippen LogP contribution in [0.3, 0.4) is 0 Å². The van der Waals surface area contributed by atoms with Gasteiger partial charge in [0.25, 0.3) is 0 Å². The zero-order valence-electron chi connectivity index (χ0n) is 8.12. The van der Waals surface area contributed by atoms with E-state index in [2.05, 4.69) is 0 Å². The molecular formula is C11H11NO3. The molecule has 1 heterocycles. The molecule has 0 aromatic heterocycles. The number of hydrogen-bond donors (Lipinski definition) is 2. The maximum absolute atomic E-state index is 11.1. The van der Waals surface area contributed by atoms with Crippen LogP contribution in [0.4, 0.5) is 0 Å². The van der Waals surface area contributed by atoms with Crippen LogP contribution in [0.5, 0.6) is 11.5 Å². The fourth-order valence-corrected chi connectivity index (χ4v) is 2.38. The Morgan fingerprint density at radius 1 is 1.40 bits per heavy atom. The maximum atomic E-state index is 11.1. The number of hydrogen-bond acceptors (Lipinski definition) is 4. The lowest BCUT2D eigenvalue weighted by atomic mass is 10.0. The topological polar surface area (TPSA) is 72.5 Å². The molecule has 0 saturated heterocycles. The average molecular weight is 205 g/mol. The van der Waals surface area contributed by atoms with E-state index in [-0.39, 0.29) is 24.2 Å². The van der Waals surface area contributed by atoms with Crippen molar-refractivity contribution in [3.05, 3.63) is 22.8 Å². The minimum absolute atomic E-state index is 0.0733. The first kappa shape index (κ1) is 8.73. The van der Waals surface area contributed by atoms with E-state index in [1.165, 1.54) is 0 Å². The Labute approximate surface area is 86.7 Å². The van der Waals surface area contributed by atoms with Crippen LogP contribution in [0.1, 0.15) is 16.7 Å². The molecule has 1 aromatic carbocycles. The van der Waals surface area contributed by atoms with Crippen LogP contribution in [-0.4, -0.2) is 17.1 Å². The first-order valence-electron chi connectivity index (χ1n) is 4.98. The number of esters is 1. The van der Waals surface area contributed by atoms with Crippen molar-refractivity contribution in [3.63, 3.8) is 0 Å². The van der Waals surface area contributed by atoms with Crippen molar-refractivity contribution in [3.8, 4) is 11.5 Å². The van der Waals surface area contributed by atoms with Crippen molar-refractivity contribution in [1.82, 2.24) is 0 Å². The molecule has 3 rings (SSSR count). The summed E-state index contributed by atoms with van der Waals surface area (Å²) in [5.74, 6) is 0.417. The minimum Gasteiger partial charge on any atom is -0.507 e. The number of phenolic OH excluding ortho intramolecular Hbond substituents is 1. The second-order valence-corrected chi connectivity index (χ2v) is 4.16. The van der Waals surface area contributed by atoms with Gasteiger partial charge in [0.15, 0.2) is 0 Å². The fraction of sp³-hybridized carbons (Fsp3) is 0.364. The first-order chi connectivity index (χ1) is 7.15. The predicted molar refractivity (Wildman–Crippen MR) is 52.8 cm³/mol. The van der Waals surface area contributed by atoms with Gasteiger partial charge in [0, 0.05) is 11.6 Å². The second kappa shape index (κ2) is 2.73. The molecule has 4 heteroatoms. The van der Waals surface area contributed by atoms with Crippen LogP contribution >= 0.6 is 0 Å². The van der Waals surface area contributed by atoms with Crippen LogP contribution in [-0.2, 0) is 24.1 Å². The molecule has 0 amide bonds. The van der Waals surface area contributed by atoms with Gasteiger partial charge in [-0.25, -0.2) is 0 Å². The molecule has 0 radical (unpaired) electrons. The summed E-state index contributed by atoms with van der Waals surface area (Å²) in [6.45, 7) is 0. The van der Waals surface area contributed by atoms with Crippen molar-refractivity contribution >= 4 is 5.97 Å². The van der Waals surface area contributed by atoms with Gasteiger partial charge >= 0.3 is 5.97 Å². The van der Waals surface area contributed by atoms with Crippen LogP contribution in [0.15, 0.2) is 6.07 Å². The third-order valence-electron chi connectivity index (χ3n) is 3.06. The van der Waals surface area contributed by atoms with Gasteiger partial charge < -0.3 is 15.6 Å². The highest BCUT2D eigenvalue weighted by atomic mass is 16.5. The molecule has 0 spiro atoms. The summed E-state index contributed by atoms with van der Waals surface area (Å²) < 4.78 is 5.01. The second-order valence-electron chi connectivity index (χ2n) is 4.16. The molecule has 2 aliphatic rings. The molecule has 1 atom stereocenters. The summed E-state index contributed by atoms with van der Waals surface area (Å²) in [6, 6.07) is 1.91. The highest BCUT2D eigenvalue weighted by Gasteiger charge is 2.31. The van der Waals surface area contributed by atoms with E-state index in [0.717, 1.165) is 17.5 Å². The van der Waals surface area contributed by atoms with Gasteiger partial charge in [0.2, 0.25) is 0 Å². The Hall–Kier alpha value is -1.55. The number of aromatic hydroxyl groups is 1. The van der Waals surface area contributed by atoms with E-state index < -0.39 is 0 Å². The van der Waals surface area contributed by atoms with Gasteiger partial charge in [-0.15, -0.1) is 0 Å². The number of phenols is 1. The molecule has 0 saturated carbocycles. The monoisotopic (exact) mass is 205 g/mol. The number of carbonyl (C=O) groups is 1. The van der Waals surface area contributed by atoms with Gasteiger partial charge in [0.05, 0.1) is 6.42 Å². The van der Waals surface area contributed by atoms with E-state index in [4.69, 9.17) is 10.5 Å². The van der Waals surface area contributed by atoms with E-state index in [0.29, 0.717) is 17.7 Å². The van der Waals surface area contributed by atoms with Gasteiger partial charge in [-0.2, -0.15) is 0 Å².